The van der Waals surface area contributed by atoms with Crippen molar-refractivity contribution in [2.45, 2.75) is 6.92 Å². The van der Waals surface area contributed by atoms with E-state index in [1.165, 1.54) is 25.2 Å². The molecule has 1 aliphatic heterocycles. The maximum atomic E-state index is 12.2. The fourth-order valence-corrected chi connectivity index (χ4v) is 2.95. The van der Waals surface area contributed by atoms with Crippen molar-refractivity contribution >= 4 is 33.6 Å². The summed E-state index contributed by atoms with van der Waals surface area (Å²) in [6.45, 7) is 1.67. The molecule has 0 saturated carbocycles. The Kier molecular flexibility index (Phi) is 5.27. The van der Waals surface area contributed by atoms with Crippen LogP contribution in [0, 0.1) is 6.92 Å². The Labute approximate surface area is 141 Å². The summed E-state index contributed by atoms with van der Waals surface area (Å²) in [7, 11) is 2.43. The van der Waals surface area contributed by atoms with Crippen molar-refractivity contribution in [1.82, 2.24) is 0 Å². The summed E-state index contributed by atoms with van der Waals surface area (Å²) < 4.78 is 15.5. The van der Waals surface area contributed by atoms with Gasteiger partial charge in [-0.2, -0.15) is 0 Å². The predicted octanol–water partition coefficient (Wildman–Crippen LogP) is 1.86. The molecule has 1 heterocycles. The zero-order chi connectivity index (χ0) is 17.1. The van der Waals surface area contributed by atoms with Gasteiger partial charge in [-0.15, -0.1) is 0 Å². The van der Waals surface area contributed by atoms with Gasteiger partial charge in [-0.25, -0.2) is 9.59 Å². The third kappa shape index (κ3) is 3.32. The molecule has 0 radical (unpaired) electrons. The average molecular weight is 386 g/mol. The van der Waals surface area contributed by atoms with Crippen molar-refractivity contribution in [2.75, 3.05) is 32.5 Å². The molecule has 124 valence electrons. The van der Waals surface area contributed by atoms with Crippen LogP contribution in [0.3, 0.4) is 0 Å². The molecule has 1 N–H and O–H groups in total. The van der Waals surface area contributed by atoms with E-state index < -0.39 is 11.9 Å². The van der Waals surface area contributed by atoms with Crippen molar-refractivity contribution in [3.8, 4) is 5.75 Å². The van der Waals surface area contributed by atoms with Gasteiger partial charge in [0.05, 0.1) is 32.1 Å². The van der Waals surface area contributed by atoms with Crippen molar-refractivity contribution < 1.29 is 28.9 Å². The Bertz CT molecular complexity index is 662. The van der Waals surface area contributed by atoms with Crippen molar-refractivity contribution in [2.24, 2.45) is 0 Å². The number of halogens is 1. The van der Waals surface area contributed by atoms with Crippen molar-refractivity contribution in [3.63, 3.8) is 0 Å². The Morgan fingerprint density at radius 2 is 1.91 bits per heavy atom. The number of phenols is 1. The number of anilines is 1. The highest BCUT2D eigenvalue weighted by atomic mass is 79.9. The minimum absolute atomic E-state index is 0.00803. The quantitative estimate of drug-likeness (QED) is 0.794. The summed E-state index contributed by atoms with van der Waals surface area (Å²) in [6, 6.07) is 3.26. The molecule has 1 aromatic rings. The Hall–Kier alpha value is -2.06. The number of esters is 2. The summed E-state index contributed by atoms with van der Waals surface area (Å²) in [6.07, 6.45) is 0. The number of hydrogen-bond donors (Lipinski definition) is 1. The molecule has 0 amide bonds. The van der Waals surface area contributed by atoms with E-state index in [4.69, 9.17) is 14.2 Å². The van der Waals surface area contributed by atoms with E-state index in [9.17, 15) is 14.7 Å². The number of rotatable bonds is 3. The number of carbonyl (C=O) groups is 2. The lowest BCUT2D eigenvalue weighted by Gasteiger charge is -2.32. The van der Waals surface area contributed by atoms with Gasteiger partial charge in [0.2, 0.25) is 0 Å². The molecule has 7 nitrogen and oxygen atoms in total. The second kappa shape index (κ2) is 7.01. The number of hydrogen-bond acceptors (Lipinski definition) is 7. The number of methoxy groups -OCH3 is 2. The van der Waals surface area contributed by atoms with Gasteiger partial charge in [0, 0.05) is 4.47 Å². The highest BCUT2D eigenvalue weighted by molar-refractivity contribution is 9.10. The number of aromatic hydroxyl groups is 1. The van der Waals surface area contributed by atoms with Crippen LogP contribution in [0.5, 0.6) is 5.75 Å². The first-order chi connectivity index (χ1) is 10.9. The molecule has 23 heavy (non-hydrogen) atoms. The zero-order valence-electron chi connectivity index (χ0n) is 12.9. The smallest absolute Gasteiger partial charge is 0.355 e. The first-order valence-electron chi connectivity index (χ1n) is 6.64. The largest absolute Gasteiger partial charge is 0.506 e. The summed E-state index contributed by atoms with van der Waals surface area (Å²) in [5.41, 5.74) is 1.07. The molecular weight excluding hydrogens is 370 g/mol. The number of aryl methyl sites for hydroxylation is 1. The molecule has 1 aliphatic rings. The van der Waals surface area contributed by atoms with Gasteiger partial charge in [-0.3, -0.25) is 0 Å². The Balaban J connectivity index is 2.65. The third-order valence-electron chi connectivity index (χ3n) is 3.35. The monoisotopic (exact) mass is 385 g/mol. The fraction of sp³-hybridized carbons (Fsp3) is 0.333. The van der Waals surface area contributed by atoms with Crippen LogP contribution >= 0.6 is 15.9 Å². The topological polar surface area (TPSA) is 85.3 Å². The molecule has 1 aromatic carbocycles. The SMILES string of the molecule is COC(=O)C1=C(C(=O)OC)N(c2c(C)cc(Br)cc2O)COC1. The lowest BCUT2D eigenvalue weighted by atomic mass is 10.1. The normalized spacial score (nSPS) is 14.7. The maximum Gasteiger partial charge on any atom is 0.355 e. The zero-order valence-corrected chi connectivity index (χ0v) is 14.5. The summed E-state index contributed by atoms with van der Waals surface area (Å²) in [5.74, 6) is -1.47. The van der Waals surface area contributed by atoms with Gasteiger partial charge in [-0.1, -0.05) is 15.9 Å². The molecule has 0 spiro atoms. The Morgan fingerprint density at radius 1 is 1.26 bits per heavy atom. The molecule has 0 aromatic heterocycles. The molecule has 0 aliphatic carbocycles. The summed E-state index contributed by atoms with van der Waals surface area (Å²) in [5, 5.41) is 10.3. The van der Waals surface area contributed by atoms with Crippen LogP contribution < -0.4 is 4.90 Å². The molecule has 8 heteroatoms. The van der Waals surface area contributed by atoms with Gasteiger partial charge in [0.1, 0.15) is 18.2 Å². The number of benzene rings is 1. The van der Waals surface area contributed by atoms with Gasteiger partial charge < -0.3 is 24.2 Å². The third-order valence-corrected chi connectivity index (χ3v) is 3.81. The minimum Gasteiger partial charge on any atom is -0.506 e. The molecular formula is C15H16BrNO6. The van der Waals surface area contributed by atoms with E-state index in [2.05, 4.69) is 15.9 Å². The highest BCUT2D eigenvalue weighted by Gasteiger charge is 2.34. The van der Waals surface area contributed by atoms with Crippen LogP contribution in [0.2, 0.25) is 0 Å². The molecule has 0 fully saturated rings. The molecule has 0 atom stereocenters. The van der Waals surface area contributed by atoms with Gasteiger partial charge >= 0.3 is 11.9 Å². The molecule has 0 bridgehead atoms. The van der Waals surface area contributed by atoms with Crippen molar-refractivity contribution in [3.05, 3.63) is 33.4 Å². The van der Waals surface area contributed by atoms with Gasteiger partial charge in [0.15, 0.2) is 0 Å². The van der Waals surface area contributed by atoms with Crippen LogP contribution in [0.1, 0.15) is 5.56 Å². The van der Waals surface area contributed by atoms with Crippen LogP contribution in [0.4, 0.5) is 5.69 Å². The minimum atomic E-state index is -0.713. The molecule has 0 unspecified atom stereocenters. The van der Waals surface area contributed by atoms with Gasteiger partial charge in [0.25, 0.3) is 0 Å². The second-order valence-corrected chi connectivity index (χ2v) is 5.72. The van der Waals surface area contributed by atoms with E-state index in [1.807, 2.05) is 0 Å². The van der Waals surface area contributed by atoms with E-state index in [0.717, 1.165) is 0 Å². The number of nitrogens with zero attached hydrogens (tertiary/aromatic N) is 1. The van der Waals surface area contributed by atoms with E-state index >= 15 is 0 Å². The van der Waals surface area contributed by atoms with Crippen LogP contribution in [-0.4, -0.2) is 44.6 Å². The Morgan fingerprint density at radius 3 is 2.48 bits per heavy atom. The lowest BCUT2D eigenvalue weighted by Crippen LogP contribution is -2.39. The first-order valence-corrected chi connectivity index (χ1v) is 7.44. The van der Waals surface area contributed by atoms with E-state index in [1.54, 1.807) is 13.0 Å². The average Bonchev–Trinajstić information content (AvgIpc) is 2.52. The standard InChI is InChI=1S/C15H16BrNO6/c1-8-4-9(16)5-11(18)12(8)17-7-23-6-10(14(19)21-2)13(17)15(20)22-3/h4-5,18H,6-7H2,1-3H3. The first kappa shape index (κ1) is 17.3. The predicted molar refractivity (Wildman–Crippen MR) is 84.9 cm³/mol. The fourth-order valence-electron chi connectivity index (χ4n) is 2.39. The van der Waals surface area contributed by atoms with Crippen LogP contribution in [0.25, 0.3) is 0 Å². The van der Waals surface area contributed by atoms with Crippen molar-refractivity contribution in [1.29, 1.82) is 0 Å². The lowest BCUT2D eigenvalue weighted by molar-refractivity contribution is -0.140. The van der Waals surface area contributed by atoms with Gasteiger partial charge in [-0.05, 0) is 24.6 Å². The maximum absolute atomic E-state index is 12.2. The number of phenolic OH excluding ortho intramolecular Hbond substituents is 1. The number of ether oxygens (including phenoxy) is 3. The van der Waals surface area contributed by atoms with E-state index in [0.29, 0.717) is 15.7 Å². The number of carbonyl (C=O) groups excluding carboxylic acids is 2. The van der Waals surface area contributed by atoms with Crippen LogP contribution in [0.15, 0.2) is 27.9 Å². The molecule has 2 rings (SSSR count). The van der Waals surface area contributed by atoms with E-state index in [-0.39, 0.29) is 30.4 Å². The summed E-state index contributed by atoms with van der Waals surface area (Å²) >= 11 is 3.29. The second-order valence-electron chi connectivity index (χ2n) is 4.81. The van der Waals surface area contributed by atoms with Crippen LogP contribution in [-0.2, 0) is 23.8 Å². The highest BCUT2D eigenvalue weighted by Crippen LogP contribution is 2.38. The summed E-state index contributed by atoms with van der Waals surface area (Å²) in [4.78, 5) is 25.5. The molecule has 0 saturated heterocycles.